The van der Waals surface area contributed by atoms with Crippen LogP contribution in [0.5, 0.6) is 0 Å². The van der Waals surface area contributed by atoms with Crippen LogP contribution in [0.4, 0.5) is 4.39 Å². The van der Waals surface area contributed by atoms with E-state index in [4.69, 9.17) is 9.84 Å². The number of halogens is 1. The van der Waals surface area contributed by atoms with Gasteiger partial charge in [0.15, 0.2) is 6.04 Å². The number of aliphatic carboxylic acids is 1. The Labute approximate surface area is 126 Å². The summed E-state index contributed by atoms with van der Waals surface area (Å²) >= 11 is 1.25. The highest BCUT2D eigenvalue weighted by atomic mass is 32.2. The zero-order valence-electron chi connectivity index (χ0n) is 11.3. The Morgan fingerprint density at radius 3 is 2.90 bits per heavy atom. The summed E-state index contributed by atoms with van der Waals surface area (Å²) in [5.74, 6) is -1.22. The molecule has 1 heterocycles. The number of carbonyl (C=O) groups excluding carboxylic acids is 1. The molecular formula is C14H16FNO4S. The van der Waals surface area contributed by atoms with Crippen LogP contribution in [0, 0.1) is 5.82 Å². The second-order valence-electron chi connectivity index (χ2n) is 4.54. The Kier molecular flexibility index (Phi) is 5.58. The molecule has 1 fully saturated rings. The summed E-state index contributed by atoms with van der Waals surface area (Å²) in [6.45, 7) is 0.637. The normalized spacial score (nSPS) is 18.5. The fourth-order valence-electron chi connectivity index (χ4n) is 2.06. The molecule has 5 nitrogen and oxygen atoms in total. The highest BCUT2D eigenvalue weighted by Gasteiger charge is 2.32. The number of hydrogen-bond acceptors (Lipinski definition) is 4. The minimum Gasteiger partial charge on any atom is -0.480 e. The van der Waals surface area contributed by atoms with Crippen LogP contribution >= 0.6 is 11.8 Å². The summed E-state index contributed by atoms with van der Waals surface area (Å²) in [5.41, 5.74) is 0. The molecule has 0 aliphatic carbocycles. The van der Waals surface area contributed by atoms with E-state index in [0.29, 0.717) is 17.3 Å². The standard InChI is InChI=1S/C14H16FNO4S/c15-10-3-1-2-4-12(10)21-8-5-13(17)16-6-7-20-9-11(16)14(18)19/h1-4,11H,5-9H2,(H,18,19). The Bertz CT molecular complexity index is 525. The molecule has 1 atom stereocenters. The quantitative estimate of drug-likeness (QED) is 0.837. The largest absolute Gasteiger partial charge is 0.480 e. The maximum Gasteiger partial charge on any atom is 0.328 e. The molecule has 114 valence electrons. The lowest BCUT2D eigenvalue weighted by Gasteiger charge is -2.32. The first-order chi connectivity index (χ1) is 10.1. The summed E-state index contributed by atoms with van der Waals surface area (Å²) in [6.07, 6.45) is 0.169. The third kappa shape index (κ3) is 4.18. The fraction of sp³-hybridized carbons (Fsp3) is 0.429. The molecule has 1 amide bonds. The highest BCUT2D eigenvalue weighted by Crippen LogP contribution is 2.22. The van der Waals surface area contributed by atoms with Crippen LogP contribution in [0.1, 0.15) is 6.42 Å². The van der Waals surface area contributed by atoms with E-state index in [0.717, 1.165) is 0 Å². The van der Waals surface area contributed by atoms with Gasteiger partial charge < -0.3 is 14.7 Å². The number of carbonyl (C=O) groups is 2. The maximum absolute atomic E-state index is 13.4. The average Bonchev–Trinajstić information content (AvgIpc) is 2.49. The Balaban J connectivity index is 1.86. The van der Waals surface area contributed by atoms with Crippen LogP contribution in [0.2, 0.25) is 0 Å². The second kappa shape index (κ2) is 7.42. The Morgan fingerprint density at radius 1 is 1.43 bits per heavy atom. The van der Waals surface area contributed by atoms with Gasteiger partial charge in [-0.15, -0.1) is 11.8 Å². The molecule has 1 unspecified atom stereocenters. The van der Waals surface area contributed by atoms with Crippen molar-refractivity contribution in [3.05, 3.63) is 30.1 Å². The number of hydrogen-bond donors (Lipinski definition) is 1. The van der Waals surface area contributed by atoms with Crippen molar-refractivity contribution in [2.24, 2.45) is 0 Å². The topological polar surface area (TPSA) is 66.8 Å². The van der Waals surface area contributed by atoms with Gasteiger partial charge in [-0.1, -0.05) is 12.1 Å². The summed E-state index contributed by atoms with van der Waals surface area (Å²) in [5, 5.41) is 9.07. The van der Waals surface area contributed by atoms with Crippen molar-refractivity contribution < 1.29 is 23.8 Å². The van der Waals surface area contributed by atoms with Crippen molar-refractivity contribution in [1.82, 2.24) is 4.90 Å². The predicted molar refractivity (Wildman–Crippen MR) is 75.7 cm³/mol. The van der Waals surface area contributed by atoms with Crippen molar-refractivity contribution in [2.75, 3.05) is 25.5 Å². The van der Waals surface area contributed by atoms with Crippen molar-refractivity contribution in [1.29, 1.82) is 0 Å². The molecule has 1 saturated heterocycles. The molecule has 0 saturated carbocycles. The summed E-state index contributed by atoms with van der Waals surface area (Å²) in [6, 6.07) is 5.43. The molecule has 1 N–H and O–H groups in total. The third-order valence-corrected chi connectivity index (χ3v) is 4.19. The number of carboxylic acid groups (broad SMARTS) is 1. The van der Waals surface area contributed by atoms with Crippen LogP contribution in [0.15, 0.2) is 29.2 Å². The zero-order chi connectivity index (χ0) is 15.2. The Morgan fingerprint density at radius 2 is 2.19 bits per heavy atom. The lowest BCUT2D eigenvalue weighted by Crippen LogP contribution is -2.52. The third-order valence-electron chi connectivity index (χ3n) is 3.14. The first kappa shape index (κ1) is 15.8. The second-order valence-corrected chi connectivity index (χ2v) is 5.68. The molecule has 0 radical (unpaired) electrons. The average molecular weight is 313 g/mol. The highest BCUT2D eigenvalue weighted by molar-refractivity contribution is 7.99. The fourth-order valence-corrected chi connectivity index (χ4v) is 2.94. The number of thioether (sulfide) groups is 1. The lowest BCUT2D eigenvalue weighted by molar-refractivity contribution is -0.158. The minimum atomic E-state index is -1.06. The maximum atomic E-state index is 13.4. The molecule has 7 heteroatoms. The van der Waals surface area contributed by atoms with E-state index in [2.05, 4.69) is 0 Å². The van der Waals surface area contributed by atoms with Gasteiger partial charge >= 0.3 is 5.97 Å². The molecular weight excluding hydrogens is 297 g/mol. The van der Waals surface area contributed by atoms with Crippen LogP contribution in [0.3, 0.4) is 0 Å². The number of amides is 1. The Hall–Kier alpha value is -1.60. The van der Waals surface area contributed by atoms with Gasteiger partial charge in [-0.05, 0) is 12.1 Å². The minimum absolute atomic E-state index is 0.0154. The van der Waals surface area contributed by atoms with Crippen LogP contribution in [-0.4, -0.2) is 53.4 Å². The predicted octanol–water partition coefficient (Wildman–Crippen LogP) is 1.62. The monoisotopic (exact) mass is 313 g/mol. The molecule has 1 aliphatic rings. The zero-order valence-corrected chi connectivity index (χ0v) is 12.1. The number of ether oxygens (including phenoxy) is 1. The van der Waals surface area contributed by atoms with E-state index in [1.807, 2.05) is 0 Å². The first-order valence-electron chi connectivity index (χ1n) is 6.57. The molecule has 1 aliphatic heterocycles. The number of nitrogens with zero attached hydrogens (tertiary/aromatic N) is 1. The van der Waals surface area contributed by atoms with Gasteiger partial charge in [0.1, 0.15) is 5.82 Å². The molecule has 1 aromatic rings. The number of benzene rings is 1. The molecule has 1 aromatic carbocycles. The van der Waals surface area contributed by atoms with E-state index >= 15 is 0 Å². The SMILES string of the molecule is O=C(O)C1COCCN1C(=O)CCSc1ccccc1F. The van der Waals surface area contributed by atoms with E-state index in [1.165, 1.54) is 22.7 Å². The van der Waals surface area contributed by atoms with Gasteiger partial charge in [0.25, 0.3) is 0 Å². The summed E-state index contributed by atoms with van der Waals surface area (Å²) in [4.78, 5) is 25.0. The summed E-state index contributed by atoms with van der Waals surface area (Å²) < 4.78 is 18.5. The van der Waals surface area contributed by atoms with Crippen molar-refractivity contribution >= 4 is 23.6 Å². The number of rotatable bonds is 5. The smallest absolute Gasteiger partial charge is 0.328 e. The van der Waals surface area contributed by atoms with Crippen molar-refractivity contribution in [3.63, 3.8) is 0 Å². The van der Waals surface area contributed by atoms with Crippen molar-refractivity contribution in [3.8, 4) is 0 Å². The van der Waals surface area contributed by atoms with E-state index < -0.39 is 12.0 Å². The van der Waals surface area contributed by atoms with E-state index in [1.54, 1.807) is 18.2 Å². The van der Waals surface area contributed by atoms with Gasteiger partial charge in [-0.25, -0.2) is 9.18 Å². The summed E-state index contributed by atoms with van der Waals surface area (Å²) in [7, 11) is 0. The molecule has 0 bridgehead atoms. The molecule has 0 spiro atoms. The van der Waals surface area contributed by atoms with E-state index in [-0.39, 0.29) is 31.3 Å². The van der Waals surface area contributed by atoms with Crippen LogP contribution in [0.25, 0.3) is 0 Å². The van der Waals surface area contributed by atoms with Gasteiger partial charge in [0, 0.05) is 23.6 Å². The van der Waals surface area contributed by atoms with Crippen LogP contribution in [-0.2, 0) is 14.3 Å². The van der Waals surface area contributed by atoms with Gasteiger partial charge in [0.2, 0.25) is 5.91 Å². The van der Waals surface area contributed by atoms with Crippen LogP contribution < -0.4 is 0 Å². The molecule has 2 rings (SSSR count). The number of carboxylic acids is 1. The lowest BCUT2D eigenvalue weighted by atomic mass is 10.2. The number of morpholine rings is 1. The van der Waals surface area contributed by atoms with Gasteiger partial charge in [-0.3, -0.25) is 4.79 Å². The van der Waals surface area contributed by atoms with Gasteiger partial charge in [-0.2, -0.15) is 0 Å². The van der Waals surface area contributed by atoms with Gasteiger partial charge in [0.05, 0.1) is 13.2 Å². The molecule has 21 heavy (non-hydrogen) atoms. The van der Waals surface area contributed by atoms with Crippen molar-refractivity contribution in [2.45, 2.75) is 17.4 Å². The molecule has 0 aromatic heterocycles. The van der Waals surface area contributed by atoms with E-state index in [9.17, 15) is 14.0 Å². The first-order valence-corrected chi connectivity index (χ1v) is 7.55.